The number of nitrogens with zero attached hydrogens (tertiary/aromatic N) is 3. The maximum Gasteiger partial charge on any atom is 0.277 e. The number of benzene rings is 2. The smallest absolute Gasteiger partial charge is 0.277 e. The molecule has 2 heterocycles. The van der Waals surface area contributed by atoms with Crippen LogP contribution in [0.25, 0.3) is 22.4 Å². The number of nitrogens with one attached hydrogen (secondary N) is 2. The minimum Gasteiger partial charge on any atom is -0.411 e. The van der Waals surface area contributed by atoms with Crippen LogP contribution >= 0.6 is 11.8 Å². The molecular weight excluding hydrogens is 450 g/mol. The molecule has 0 aliphatic carbocycles. The van der Waals surface area contributed by atoms with Gasteiger partial charge < -0.3 is 14.7 Å². The predicted octanol–water partition coefficient (Wildman–Crippen LogP) is 3.51. The summed E-state index contributed by atoms with van der Waals surface area (Å²) >= 11 is 1.10. The summed E-state index contributed by atoms with van der Waals surface area (Å²) in [5, 5.41) is 12.0. The lowest BCUT2D eigenvalue weighted by Gasteiger charge is -2.15. The molecule has 0 atom stereocenters. The van der Waals surface area contributed by atoms with Gasteiger partial charge in [-0.15, -0.1) is 10.2 Å². The van der Waals surface area contributed by atoms with E-state index in [4.69, 9.17) is 4.42 Å². The first kappa shape index (κ1) is 22.1. The summed E-state index contributed by atoms with van der Waals surface area (Å²) in [4.78, 5) is 15.7. The molecule has 0 aliphatic heterocycles. The highest BCUT2D eigenvalue weighted by Crippen LogP contribution is 2.29. The molecule has 32 heavy (non-hydrogen) atoms. The van der Waals surface area contributed by atoms with Crippen LogP contribution in [0.5, 0.6) is 0 Å². The molecule has 0 radical (unpaired) electrons. The molecule has 11 heteroatoms. The Morgan fingerprint density at radius 1 is 1.19 bits per heavy atom. The Balaban J connectivity index is 1.42. The van der Waals surface area contributed by atoms with Gasteiger partial charge in [0.15, 0.2) is 0 Å². The highest BCUT2D eigenvalue weighted by atomic mass is 32.2. The van der Waals surface area contributed by atoms with Crippen molar-refractivity contribution in [1.29, 1.82) is 0 Å². The fourth-order valence-electron chi connectivity index (χ4n) is 3.10. The molecule has 2 aromatic carbocycles. The molecule has 0 unspecified atom stereocenters. The Morgan fingerprint density at radius 2 is 1.97 bits per heavy atom. The van der Waals surface area contributed by atoms with Crippen LogP contribution in [0.1, 0.15) is 5.56 Å². The van der Waals surface area contributed by atoms with E-state index in [0.29, 0.717) is 17.1 Å². The number of aryl methyl sites for hydroxylation is 1. The third-order valence-electron chi connectivity index (χ3n) is 4.78. The van der Waals surface area contributed by atoms with E-state index in [2.05, 4.69) is 20.5 Å². The summed E-state index contributed by atoms with van der Waals surface area (Å²) in [5.74, 6) is 0.0698. The van der Waals surface area contributed by atoms with Crippen molar-refractivity contribution in [3.8, 4) is 11.5 Å². The number of fused-ring (bicyclic) bond motifs is 1. The van der Waals surface area contributed by atoms with E-state index in [1.54, 1.807) is 25.3 Å². The Morgan fingerprint density at radius 3 is 2.75 bits per heavy atom. The SMILES string of the molecule is Cc1ccc(NC(=O)CSc2nnc(-c3c[nH]c4ccccc34)o2)cc1S(=O)(=O)N(C)C. The molecule has 0 fully saturated rings. The fourth-order valence-corrected chi connectivity index (χ4v) is 4.81. The number of aromatic nitrogens is 3. The predicted molar refractivity (Wildman–Crippen MR) is 123 cm³/mol. The summed E-state index contributed by atoms with van der Waals surface area (Å²) in [5.41, 5.74) is 2.75. The van der Waals surface area contributed by atoms with Crippen molar-refractivity contribution in [2.45, 2.75) is 17.0 Å². The van der Waals surface area contributed by atoms with Gasteiger partial charge in [-0.05, 0) is 30.7 Å². The van der Waals surface area contributed by atoms with Crippen LogP contribution in [0.3, 0.4) is 0 Å². The number of sulfonamides is 1. The van der Waals surface area contributed by atoms with E-state index in [0.717, 1.165) is 32.5 Å². The minimum absolute atomic E-state index is 0.0269. The van der Waals surface area contributed by atoms with Crippen LogP contribution in [-0.4, -0.2) is 53.7 Å². The van der Waals surface area contributed by atoms with Gasteiger partial charge in [-0.25, -0.2) is 12.7 Å². The van der Waals surface area contributed by atoms with Crippen molar-refractivity contribution in [2.24, 2.45) is 0 Å². The lowest BCUT2D eigenvalue weighted by molar-refractivity contribution is -0.113. The summed E-state index contributed by atoms with van der Waals surface area (Å²) in [6.07, 6.45) is 1.80. The van der Waals surface area contributed by atoms with Crippen LogP contribution in [-0.2, 0) is 14.8 Å². The standard InChI is InChI=1S/C21H21N5O4S2/c1-13-8-9-14(10-18(13)32(28,29)26(2)3)23-19(27)12-31-21-25-24-20(30-21)16-11-22-17-7-5-4-6-15(16)17/h4-11,22H,12H2,1-3H3,(H,23,27). The number of carbonyl (C=O) groups is 1. The Kier molecular flexibility index (Phi) is 6.04. The number of anilines is 1. The van der Waals surface area contributed by atoms with E-state index >= 15 is 0 Å². The van der Waals surface area contributed by atoms with Crippen molar-refractivity contribution < 1.29 is 17.6 Å². The molecule has 0 saturated carbocycles. The first-order valence-corrected chi connectivity index (χ1v) is 12.0. The summed E-state index contributed by atoms with van der Waals surface area (Å²) in [6, 6.07) is 12.5. The number of H-pyrrole nitrogens is 1. The second kappa shape index (κ2) is 8.77. The monoisotopic (exact) mass is 471 g/mol. The van der Waals surface area contributed by atoms with Crippen LogP contribution in [0, 0.1) is 6.92 Å². The van der Waals surface area contributed by atoms with Crippen LogP contribution in [0.15, 0.2) is 63.2 Å². The molecule has 166 valence electrons. The van der Waals surface area contributed by atoms with Gasteiger partial charge in [-0.1, -0.05) is 36.0 Å². The molecule has 2 aromatic heterocycles. The first-order chi connectivity index (χ1) is 15.3. The summed E-state index contributed by atoms with van der Waals surface area (Å²) in [6.45, 7) is 1.71. The van der Waals surface area contributed by atoms with Gasteiger partial charge in [-0.3, -0.25) is 4.79 Å². The minimum atomic E-state index is -3.61. The molecular formula is C21H21N5O4S2. The molecule has 0 bridgehead atoms. The number of hydrogen-bond acceptors (Lipinski definition) is 7. The summed E-state index contributed by atoms with van der Waals surface area (Å²) in [7, 11) is -0.687. The lowest BCUT2D eigenvalue weighted by Crippen LogP contribution is -2.23. The average Bonchev–Trinajstić information content (AvgIpc) is 3.40. The highest BCUT2D eigenvalue weighted by Gasteiger charge is 2.21. The topological polar surface area (TPSA) is 121 Å². The van der Waals surface area contributed by atoms with E-state index < -0.39 is 10.0 Å². The second-order valence-corrected chi connectivity index (χ2v) is 10.3. The van der Waals surface area contributed by atoms with Gasteiger partial charge in [0.05, 0.1) is 16.2 Å². The molecule has 2 N–H and O–H groups in total. The third-order valence-corrected chi connectivity index (χ3v) is 7.56. The normalized spacial score (nSPS) is 11.9. The van der Waals surface area contributed by atoms with Gasteiger partial charge in [0.2, 0.25) is 15.9 Å². The van der Waals surface area contributed by atoms with Crippen molar-refractivity contribution in [3.05, 3.63) is 54.2 Å². The van der Waals surface area contributed by atoms with Crippen molar-refractivity contribution in [1.82, 2.24) is 19.5 Å². The molecule has 0 spiro atoms. The quantitative estimate of drug-likeness (QED) is 0.396. The van der Waals surface area contributed by atoms with Crippen LogP contribution < -0.4 is 5.32 Å². The second-order valence-electron chi connectivity index (χ2n) is 7.23. The number of amides is 1. The van der Waals surface area contributed by atoms with Gasteiger partial charge in [-0.2, -0.15) is 0 Å². The number of rotatable bonds is 7. The van der Waals surface area contributed by atoms with Gasteiger partial charge in [0.25, 0.3) is 11.1 Å². The maximum atomic E-state index is 12.5. The zero-order valence-electron chi connectivity index (χ0n) is 17.6. The summed E-state index contributed by atoms with van der Waals surface area (Å²) < 4.78 is 31.8. The Labute approximate surface area is 189 Å². The number of carbonyl (C=O) groups excluding carboxylic acids is 1. The van der Waals surface area contributed by atoms with Crippen molar-refractivity contribution in [2.75, 3.05) is 25.2 Å². The van der Waals surface area contributed by atoms with Gasteiger partial charge in [0, 0.05) is 36.9 Å². The maximum absolute atomic E-state index is 12.5. The molecule has 9 nitrogen and oxygen atoms in total. The van der Waals surface area contributed by atoms with Crippen LogP contribution in [0.2, 0.25) is 0 Å². The number of thioether (sulfide) groups is 1. The third kappa shape index (κ3) is 4.40. The Bertz CT molecular complexity index is 1390. The van der Waals surface area contributed by atoms with E-state index in [9.17, 15) is 13.2 Å². The molecule has 4 aromatic rings. The number of hydrogen-bond donors (Lipinski definition) is 2. The van der Waals surface area contributed by atoms with Crippen molar-refractivity contribution in [3.63, 3.8) is 0 Å². The van der Waals surface area contributed by atoms with Crippen molar-refractivity contribution >= 4 is 44.3 Å². The number of aromatic amines is 1. The molecule has 4 rings (SSSR count). The first-order valence-electron chi connectivity index (χ1n) is 9.61. The lowest BCUT2D eigenvalue weighted by atomic mass is 10.2. The van der Waals surface area contributed by atoms with E-state index in [1.807, 2.05) is 24.3 Å². The molecule has 1 amide bonds. The highest BCUT2D eigenvalue weighted by molar-refractivity contribution is 7.99. The zero-order chi connectivity index (χ0) is 22.9. The largest absolute Gasteiger partial charge is 0.411 e. The molecule has 0 saturated heterocycles. The fraction of sp³-hybridized carbons (Fsp3) is 0.190. The zero-order valence-corrected chi connectivity index (χ0v) is 19.3. The van der Waals surface area contributed by atoms with Gasteiger partial charge >= 0.3 is 0 Å². The molecule has 0 aliphatic rings. The average molecular weight is 472 g/mol. The van der Waals surface area contributed by atoms with E-state index in [-0.39, 0.29) is 21.8 Å². The van der Waals surface area contributed by atoms with Gasteiger partial charge in [0.1, 0.15) is 0 Å². The number of para-hydroxylation sites is 1. The van der Waals surface area contributed by atoms with E-state index in [1.165, 1.54) is 20.2 Å². The Hall–Kier alpha value is -3.15. The van der Waals surface area contributed by atoms with Crippen LogP contribution in [0.4, 0.5) is 5.69 Å².